The first kappa shape index (κ1) is 6.88. The molecule has 3 heteroatoms. The summed E-state index contributed by atoms with van der Waals surface area (Å²) < 4.78 is 0. The van der Waals surface area contributed by atoms with E-state index in [0.29, 0.717) is 0 Å². The predicted octanol–water partition coefficient (Wildman–Crippen LogP) is -0.0120. The van der Waals surface area contributed by atoms with Crippen LogP contribution in [0.1, 0.15) is 0 Å². The normalized spacial score (nSPS) is 17.3. The van der Waals surface area contributed by atoms with Gasteiger partial charge in [-0.15, -0.1) is 17.0 Å². The van der Waals surface area contributed by atoms with Crippen molar-refractivity contribution in [2.75, 3.05) is 0 Å². The summed E-state index contributed by atoms with van der Waals surface area (Å²) in [5.41, 5.74) is 0. The Kier molecular flexibility index (Phi) is 2.91. The molecule has 0 bridgehead atoms. The van der Waals surface area contributed by atoms with Crippen LogP contribution in [0.15, 0.2) is 24.6 Å². The van der Waals surface area contributed by atoms with E-state index < -0.39 is 0 Å². The molecule has 0 aromatic rings. The van der Waals surface area contributed by atoms with Crippen LogP contribution in [-0.4, -0.2) is 0 Å². The van der Waals surface area contributed by atoms with Gasteiger partial charge in [0.25, 0.3) is 0 Å². The minimum Gasteiger partial charge on any atom is -0.624 e. The Morgan fingerprint density at radius 2 is 1.57 bits per heavy atom. The van der Waals surface area contributed by atoms with E-state index in [1.807, 2.05) is 0 Å². The molecular weight excluding hydrogens is 158 g/mol. The van der Waals surface area contributed by atoms with Crippen molar-refractivity contribution in [2.45, 2.75) is 0 Å². The van der Waals surface area contributed by atoms with Crippen molar-refractivity contribution in [3.63, 3.8) is 0 Å². The lowest BCUT2D eigenvalue weighted by Crippen LogP contribution is -2.95. The van der Waals surface area contributed by atoms with Crippen molar-refractivity contribution in [1.82, 2.24) is 0 Å². The highest BCUT2D eigenvalue weighted by atomic mass is 79.9. The molecule has 0 spiro atoms. The molecule has 0 aromatic carbocycles. The highest BCUT2D eigenvalue weighted by molar-refractivity contribution is 8.93. The number of quaternary nitrogens is 1. The van der Waals surface area contributed by atoms with Crippen LogP contribution in [0.2, 0.25) is 0 Å². The van der Waals surface area contributed by atoms with Gasteiger partial charge in [0.1, 0.15) is 0 Å². The second kappa shape index (κ2) is 2.96. The van der Waals surface area contributed by atoms with E-state index >= 15 is 0 Å². The third-order valence-corrected chi connectivity index (χ3v) is 0.632. The molecule has 1 heterocycles. The molecular formula is C4H6BrNO. The maximum Gasteiger partial charge on any atom is 0.0990 e. The maximum absolute atomic E-state index is 10.1. The van der Waals surface area contributed by atoms with Crippen LogP contribution < -0.4 is 5.06 Å². The summed E-state index contributed by atoms with van der Waals surface area (Å²) in [7, 11) is 0. The molecule has 0 saturated heterocycles. The van der Waals surface area contributed by atoms with Crippen LogP contribution in [0.3, 0.4) is 0 Å². The summed E-state index contributed by atoms with van der Waals surface area (Å²) in [6.07, 6.45) is 6.50. The molecule has 0 aromatic heterocycles. The third kappa shape index (κ3) is 1.87. The van der Waals surface area contributed by atoms with Gasteiger partial charge >= 0.3 is 0 Å². The van der Waals surface area contributed by atoms with Gasteiger partial charge < -0.3 is 10.3 Å². The van der Waals surface area contributed by atoms with Gasteiger partial charge in [0, 0.05) is 0 Å². The summed E-state index contributed by atoms with van der Waals surface area (Å²) in [4.78, 5) is 0. The number of hydrogen-bond donors (Lipinski definition) is 1. The fraction of sp³-hybridized carbons (Fsp3) is 0. The molecule has 0 aliphatic carbocycles. The Bertz CT molecular complexity index is 87.9. The van der Waals surface area contributed by atoms with Crippen molar-refractivity contribution in [3.8, 4) is 0 Å². The van der Waals surface area contributed by atoms with Crippen molar-refractivity contribution >= 4 is 17.0 Å². The Labute approximate surface area is 52.5 Å². The van der Waals surface area contributed by atoms with Crippen molar-refractivity contribution in [1.29, 1.82) is 0 Å². The highest BCUT2D eigenvalue weighted by Crippen LogP contribution is 1.71. The van der Waals surface area contributed by atoms with E-state index in [4.69, 9.17) is 0 Å². The van der Waals surface area contributed by atoms with E-state index in [9.17, 15) is 5.21 Å². The number of nitrogens with one attached hydrogen (secondary N) is 1. The molecule has 1 N–H and O–H groups in total. The lowest BCUT2D eigenvalue weighted by molar-refractivity contribution is -0.726. The predicted molar refractivity (Wildman–Crippen MR) is 32.9 cm³/mol. The number of halogens is 1. The van der Waals surface area contributed by atoms with Gasteiger partial charge in [-0.2, -0.15) is 0 Å². The number of hydroxylamine groups is 2. The fourth-order valence-corrected chi connectivity index (χ4v) is 0.356. The Hall–Kier alpha value is -0.120. The van der Waals surface area contributed by atoms with Crippen molar-refractivity contribution in [3.05, 3.63) is 29.8 Å². The minimum absolute atomic E-state index is 0. The molecule has 0 unspecified atom stereocenters. The largest absolute Gasteiger partial charge is 0.624 e. The van der Waals surface area contributed by atoms with E-state index in [0.717, 1.165) is 0 Å². The Morgan fingerprint density at radius 1 is 1.14 bits per heavy atom. The third-order valence-electron chi connectivity index (χ3n) is 0.632. The monoisotopic (exact) mass is 163 g/mol. The number of hydrogen-bond acceptors (Lipinski definition) is 1. The first-order valence-electron chi connectivity index (χ1n) is 1.78. The zero-order valence-corrected chi connectivity index (χ0v) is 5.34. The van der Waals surface area contributed by atoms with Crippen molar-refractivity contribution < 1.29 is 5.06 Å². The summed E-state index contributed by atoms with van der Waals surface area (Å²) in [5.74, 6) is 0. The molecule has 0 fully saturated rings. The average molecular weight is 164 g/mol. The molecule has 1 aliphatic heterocycles. The average Bonchev–Trinajstić information content (AvgIpc) is 1.86. The topological polar surface area (TPSA) is 27.5 Å². The van der Waals surface area contributed by atoms with E-state index in [1.54, 1.807) is 12.2 Å². The van der Waals surface area contributed by atoms with Crippen LogP contribution in [0.4, 0.5) is 0 Å². The summed E-state index contributed by atoms with van der Waals surface area (Å²) in [6.45, 7) is 0. The van der Waals surface area contributed by atoms with Crippen molar-refractivity contribution in [2.24, 2.45) is 0 Å². The molecule has 0 radical (unpaired) electrons. The van der Waals surface area contributed by atoms with Crippen LogP contribution in [-0.2, 0) is 0 Å². The summed E-state index contributed by atoms with van der Waals surface area (Å²) >= 11 is 0. The Balaban J connectivity index is 0.000000360. The molecule has 1 rings (SSSR count). The fourth-order valence-electron chi connectivity index (χ4n) is 0.356. The quantitative estimate of drug-likeness (QED) is 0.501. The van der Waals surface area contributed by atoms with E-state index in [-0.39, 0.29) is 22.0 Å². The summed E-state index contributed by atoms with van der Waals surface area (Å²) in [5, 5.41) is 10.2. The second-order valence-electron chi connectivity index (χ2n) is 1.12. The molecule has 0 atom stereocenters. The minimum atomic E-state index is 0. The first-order chi connectivity index (χ1) is 2.89. The second-order valence-corrected chi connectivity index (χ2v) is 1.12. The molecule has 1 aliphatic rings. The zero-order chi connectivity index (χ0) is 4.41. The highest BCUT2D eigenvalue weighted by Gasteiger charge is 1.84. The molecule has 2 nitrogen and oxygen atoms in total. The van der Waals surface area contributed by atoms with Crippen LogP contribution in [0.5, 0.6) is 0 Å². The SMILES string of the molecule is Br.[O-][NH+]1C=CC=C1. The van der Waals surface area contributed by atoms with Crippen LogP contribution in [0.25, 0.3) is 0 Å². The molecule has 7 heavy (non-hydrogen) atoms. The van der Waals surface area contributed by atoms with E-state index in [1.165, 1.54) is 12.4 Å². The molecule has 0 amide bonds. The van der Waals surface area contributed by atoms with Crippen LogP contribution >= 0.6 is 17.0 Å². The maximum atomic E-state index is 10.1. The van der Waals surface area contributed by atoms with Gasteiger partial charge in [0.2, 0.25) is 0 Å². The summed E-state index contributed by atoms with van der Waals surface area (Å²) in [6, 6.07) is 0. The standard InChI is InChI=1S/C4H5NO.BrH/c6-5-3-1-2-4-5;/h1-5H;1H. The van der Waals surface area contributed by atoms with Crippen LogP contribution in [0, 0.1) is 5.21 Å². The number of allylic oxidation sites excluding steroid dienone is 2. The molecule has 0 saturated carbocycles. The first-order valence-corrected chi connectivity index (χ1v) is 1.78. The van der Waals surface area contributed by atoms with Gasteiger partial charge in [-0.25, -0.2) is 0 Å². The zero-order valence-electron chi connectivity index (χ0n) is 3.63. The number of rotatable bonds is 0. The van der Waals surface area contributed by atoms with Gasteiger partial charge in [0.15, 0.2) is 0 Å². The van der Waals surface area contributed by atoms with Gasteiger partial charge in [-0.1, -0.05) is 0 Å². The smallest absolute Gasteiger partial charge is 0.0990 e. The van der Waals surface area contributed by atoms with Gasteiger partial charge in [-0.3, -0.25) is 0 Å². The molecule has 40 valence electrons. The Morgan fingerprint density at radius 3 is 1.71 bits per heavy atom. The van der Waals surface area contributed by atoms with E-state index in [2.05, 4.69) is 0 Å². The van der Waals surface area contributed by atoms with Gasteiger partial charge in [0.05, 0.1) is 12.4 Å². The lowest BCUT2D eigenvalue weighted by Gasteiger charge is -2.04. The van der Waals surface area contributed by atoms with Gasteiger partial charge in [-0.05, 0) is 12.2 Å². The lowest BCUT2D eigenvalue weighted by atomic mass is 10.6.